The third-order valence-electron chi connectivity index (χ3n) is 4.17. The van der Waals surface area contributed by atoms with Gasteiger partial charge in [-0.2, -0.15) is 0 Å². The fraction of sp³-hybridized carbons (Fsp3) is 0.381. The summed E-state index contributed by atoms with van der Waals surface area (Å²) in [5, 5.41) is 2.81. The van der Waals surface area contributed by atoms with Gasteiger partial charge >= 0.3 is 0 Å². The van der Waals surface area contributed by atoms with Crippen molar-refractivity contribution in [3.05, 3.63) is 52.5 Å². The zero-order valence-electron chi connectivity index (χ0n) is 16.0. The Morgan fingerprint density at radius 3 is 2.67 bits per heavy atom. The number of nitrogens with one attached hydrogen (secondary N) is 1. The van der Waals surface area contributed by atoms with Crippen molar-refractivity contribution in [2.75, 3.05) is 32.2 Å². The second kappa shape index (κ2) is 10.9. The smallest absolute Gasteiger partial charge is 0.262 e. The van der Waals surface area contributed by atoms with Crippen molar-refractivity contribution in [2.24, 2.45) is 0 Å². The van der Waals surface area contributed by atoms with E-state index in [1.807, 2.05) is 30.3 Å². The molecule has 2 aromatic carbocycles. The van der Waals surface area contributed by atoms with E-state index in [2.05, 4.69) is 35.1 Å². The maximum absolute atomic E-state index is 12.2. The highest BCUT2D eigenvalue weighted by molar-refractivity contribution is 9.10. The quantitative estimate of drug-likeness (QED) is 0.533. The third kappa shape index (κ3) is 6.88. The van der Waals surface area contributed by atoms with E-state index >= 15 is 0 Å². The van der Waals surface area contributed by atoms with Crippen molar-refractivity contribution in [1.29, 1.82) is 0 Å². The van der Waals surface area contributed by atoms with Crippen molar-refractivity contribution in [1.82, 2.24) is 0 Å². The first-order valence-corrected chi connectivity index (χ1v) is 9.76. The minimum Gasteiger partial charge on any atom is -0.491 e. The molecule has 146 valence electrons. The molecule has 1 amide bonds. The number of ether oxygens (including phenoxy) is 3. The molecule has 1 atom stereocenters. The number of amides is 1. The van der Waals surface area contributed by atoms with E-state index in [0.717, 1.165) is 10.9 Å². The Labute approximate surface area is 169 Å². The minimum absolute atomic E-state index is 0.0734. The molecule has 0 aliphatic rings. The molecule has 0 fully saturated rings. The van der Waals surface area contributed by atoms with Gasteiger partial charge in [-0.25, -0.2) is 0 Å². The summed E-state index contributed by atoms with van der Waals surface area (Å²) in [5.41, 5.74) is 1.90. The number of hydrogen-bond donors (Lipinski definition) is 1. The average Bonchev–Trinajstić information content (AvgIpc) is 2.67. The van der Waals surface area contributed by atoms with Gasteiger partial charge in [0.15, 0.2) is 6.61 Å². The fourth-order valence-corrected chi connectivity index (χ4v) is 2.93. The lowest BCUT2D eigenvalue weighted by Gasteiger charge is -2.13. The largest absolute Gasteiger partial charge is 0.491 e. The van der Waals surface area contributed by atoms with E-state index < -0.39 is 0 Å². The first-order chi connectivity index (χ1) is 13.0. The molecular formula is C21H26BrNO4. The minimum atomic E-state index is -0.234. The predicted molar refractivity (Wildman–Crippen MR) is 111 cm³/mol. The van der Waals surface area contributed by atoms with Gasteiger partial charge in [0.1, 0.15) is 18.1 Å². The molecule has 27 heavy (non-hydrogen) atoms. The van der Waals surface area contributed by atoms with Crippen LogP contribution < -0.4 is 14.8 Å². The first-order valence-electron chi connectivity index (χ1n) is 8.97. The SMILES string of the molecule is CCC(C)c1ccc(OCC(=O)Nc2cccc(OCCOC)c2)c(Br)c1. The average molecular weight is 436 g/mol. The van der Waals surface area contributed by atoms with Gasteiger partial charge in [-0.15, -0.1) is 0 Å². The maximum atomic E-state index is 12.2. The first kappa shape index (κ1) is 21.3. The zero-order valence-corrected chi connectivity index (χ0v) is 17.5. The van der Waals surface area contributed by atoms with Gasteiger partial charge in [0.25, 0.3) is 5.91 Å². The summed E-state index contributed by atoms with van der Waals surface area (Å²) in [4.78, 5) is 12.2. The lowest BCUT2D eigenvalue weighted by atomic mass is 9.99. The predicted octanol–water partition coefficient (Wildman–Crippen LogP) is 5.01. The lowest BCUT2D eigenvalue weighted by Crippen LogP contribution is -2.20. The Morgan fingerprint density at radius 2 is 1.96 bits per heavy atom. The number of carbonyl (C=O) groups excluding carboxylic acids is 1. The van der Waals surface area contributed by atoms with Gasteiger partial charge in [-0.05, 0) is 58.1 Å². The molecular weight excluding hydrogens is 410 g/mol. The van der Waals surface area contributed by atoms with Crippen LogP contribution in [0.2, 0.25) is 0 Å². The molecule has 1 N–H and O–H groups in total. The summed E-state index contributed by atoms with van der Waals surface area (Å²) in [6.07, 6.45) is 1.07. The number of methoxy groups -OCH3 is 1. The van der Waals surface area contributed by atoms with Crippen molar-refractivity contribution in [3.63, 3.8) is 0 Å². The normalized spacial score (nSPS) is 11.7. The Balaban J connectivity index is 1.88. The van der Waals surface area contributed by atoms with Crippen LogP contribution in [-0.2, 0) is 9.53 Å². The number of rotatable bonds is 10. The molecule has 0 bridgehead atoms. The molecule has 0 spiro atoms. The highest BCUT2D eigenvalue weighted by atomic mass is 79.9. The topological polar surface area (TPSA) is 56.8 Å². The monoisotopic (exact) mass is 435 g/mol. The van der Waals surface area contributed by atoms with Crippen LogP contribution >= 0.6 is 15.9 Å². The van der Waals surface area contributed by atoms with Crippen LogP contribution in [0.3, 0.4) is 0 Å². The Hall–Kier alpha value is -2.05. The molecule has 6 heteroatoms. The molecule has 0 aromatic heterocycles. The number of anilines is 1. The molecule has 1 unspecified atom stereocenters. The van der Waals surface area contributed by atoms with Crippen LogP contribution in [0.5, 0.6) is 11.5 Å². The van der Waals surface area contributed by atoms with Gasteiger partial charge in [0, 0.05) is 18.9 Å². The standard InChI is InChI=1S/C21H26BrNO4/c1-4-15(2)16-8-9-20(19(22)12-16)27-14-21(24)23-17-6-5-7-18(13-17)26-11-10-25-3/h5-9,12-13,15H,4,10-11,14H2,1-3H3,(H,23,24). The van der Waals surface area contributed by atoms with Crippen LogP contribution in [0.1, 0.15) is 31.7 Å². The number of halogens is 1. The van der Waals surface area contributed by atoms with E-state index in [0.29, 0.717) is 36.3 Å². The molecule has 2 rings (SSSR count). The van der Waals surface area contributed by atoms with Gasteiger partial charge in [0.2, 0.25) is 0 Å². The summed E-state index contributed by atoms with van der Waals surface area (Å²) in [7, 11) is 1.62. The second-order valence-electron chi connectivity index (χ2n) is 6.21. The summed E-state index contributed by atoms with van der Waals surface area (Å²) < 4.78 is 17.0. The molecule has 0 aliphatic carbocycles. The van der Waals surface area contributed by atoms with Crippen LogP contribution in [-0.4, -0.2) is 32.8 Å². The van der Waals surface area contributed by atoms with Crippen LogP contribution in [0.25, 0.3) is 0 Å². The van der Waals surface area contributed by atoms with E-state index in [4.69, 9.17) is 14.2 Å². The second-order valence-corrected chi connectivity index (χ2v) is 7.06. The van der Waals surface area contributed by atoms with Gasteiger partial charge in [-0.3, -0.25) is 4.79 Å². The van der Waals surface area contributed by atoms with Gasteiger partial charge in [-0.1, -0.05) is 26.0 Å². The number of hydrogen-bond acceptors (Lipinski definition) is 4. The van der Waals surface area contributed by atoms with E-state index in [-0.39, 0.29) is 12.5 Å². The van der Waals surface area contributed by atoms with Crippen molar-refractivity contribution in [2.45, 2.75) is 26.2 Å². The molecule has 2 aromatic rings. The van der Waals surface area contributed by atoms with Crippen molar-refractivity contribution >= 4 is 27.5 Å². The summed E-state index contributed by atoms with van der Waals surface area (Å²) >= 11 is 3.52. The Morgan fingerprint density at radius 1 is 1.15 bits per heavy atom. The third-order valence-corrected chi connectivity index (χ3v) is 4.79. The van der Waals surface area contributed by atoms with Crippen LogP contribution in [0.15, 0.2) is 46.9 Å². The van der Waals surface area contributed by atoms with E-state index in [1.54, 1.807) is 19.2 Å². The molecule has 0 aliphatic heterocycles. The van der Waals surface area contributed by atoms with Gasteiger partial charge in [0.05, 0.1) is 11.1 Å². The van der Waals surface area contributed by atoms with E-state index in [9.17, 15) is 4.79 Å². The number of benzene rings is 2. The Bertz CT molecular complexity index is 751. The molecule has 5 nitrogen and oxygen atoms in total. The summed E-state index contributed by atoms with van der Waals surface area (Å²) in [5.74, 6) is 1.57. The fourth-order valence-electron chi connectivity index (χ4n) is 2.42. The Kier molecular flexibility index (Phi) is 8.61. The van der Waals surface area contributed by atoms with Crippen LogP contribution in [0, 0.1) is 0 Å². The molecule has 0 heterocycles. The van der Waals surface area contributed by atoms with Crippen molar-refractivity contribution < 1.29 is 19.0 Å². The summed E-state index contributed by atoms with van der Waals surface area (Å²) in [6.45, 7) is 5.23. The highest BCUT2D eigenvalue weighted by Crippen LogP contribution is 2.30. The molecule has 0 saturated heterocycles. The van der Waals surface area contributed by atoms with Crippen LogP contribution in [0.4, 0.5) is 5.69 Å². The maximum Gasteiger partial charge on any atom is 0.262 e. The zero-order chi connectivity index (χ0) is 19.6. The van der Waals surface area contributed by atoms with Crippen molar-refractivity contribution in [3.8, 4) is 11.5 Å². The molecule has 0 radical (unpaired) electrons. The highest BCUT2D eigenvalue weighted by Gasteiger charge is 2.10. The number of carbonyl (C=O) groups is 1. The molecule has 0 saturated carbocycles. The summed E-state index contributed by atoms with van der Waals surface area (Å²) in [6, 6.07) is 13.2. The van der Waals surface area contributed by atoms with Gasteiger partial charge < -0.3 is 19.5 Å². The van der Waals surface area contributed by atoms with E-state index in [1.165, 1.54) is 5.56 Å². The lowest BCUT2D eigenvalue weighted by molar-refractivity contribution is -0.118.